The number of nitrogens with one attached hydrogen (secondary N) is 1. The normalized spacial score (nSPS) is 26.8. The van der Waals surface area contributed by atoms with Crippen molar-refractivity contribution < 1.29 is 4.79 Å². The standard InChI is InChI=1S/C12H22N2OS/c1-12(2)9-14(7-8-16-12)11(15)10-3-5-13-6-4-10/h10,13H,3-9H2,1-2H3. The molecule has 0 spiro atoms. The summed E-state index contributed by atoms with van der Waals surface area (Å²) in [6.07, 6.45) is 2.03. The maximum atomic E-state index is 12.3. The average Bonchev–Trinajstić information content (AvgIpc) is 2.28. The molecule has 0 unspecified atom stereocenters. The number of hydrogen-bond donors (Lipinski definition) is 1. The zero-order valence-corrected chi connectivity index (χ0v) is 11.1. The van der Waals surface area contributed by atoms with Crippen LogP contribution in [0.2, 0.25) is 0 Å². The fraction of sp³-hybridized carbons (Fsp3) is 0.917. The van der Waals surface area contributed by atoms with Crippen LogP contribution in [0, 0.1) is 5.92 Å². The van der Waals surface area contributed by atoms with E-state index >= 15 is 0 Å². The highest BCUT2D eigenvalue weighted by molar-refractivity contribution is 8.00. The van der Waals surface area contributed by atoms with E-state index in [4.69, 9.17) is 0 Å². The first kappa shape index (κ1) is 12.2. The minimum Gasteiger partial charge on any atom is -0.340 e. The van der Waals surface area contributed by atoms with Crippen molar-refractivity contribution >= 4 is 17.7 Å². The Labute approximate surface area is 102 Å². The highest BCUT2D eigenvalue weighted by Gasteiger charge is 2.33. The predicted molar refractivity (Wildman–Crippen MR) is 68.7 cm³/mol. The summed E-state index contributed by atoms with van der Waals surface area (Å²) in [5.74, 6) is 1.76. The summed E-state index contributed by atoms with van der Waals surface area (Å²) in [6, 6.07) is 0. The van der Waals surface area contributed by atoms with Crippen LogP contribution in [0.3, 0.4) is 0 Å². The summed E-state index contributed by atoms with van der Waals surface area (Å²) < 4.78 is 0.237. The minimum absolute atomic E-state index is 0.237. The lowest BCUT2D eigenvalue weighted by atomic mass is 9.96. The lowest BCUT2D eigenvalue weighted by molar-refractivity contribution is -0.136. The van der Waals surface area contributed by atoms with Gasteiger partial charge in [-0.3, -0.25) is 4.79 Å². The van der Waals surface area contributed by atoms with Crippen molar-refractivity contribution in [3.63, 3.8) is 0 Å². The van der Waals surface area contributed by atoms with Crippen molar-refractivity contribution in [2.24, 2.45) is 5.92 Å². The molecule has 2 fully saturated rings. The van der Waals surface area contributed by atoms with E-state index in [0.717, 1.165) is 44.8 Å². The molecule has 4 heteroatoms. The number of thioether (sulfide) groups is 1. The van der Waals surface area contributed by atoms with Crippen LogP contribution in [0.15, 0.2) is 0 Å². The van der Waals surface area contributed by atoms with Gasteiger partial charge < -0.3 is 10.2 Å². The largest absolute Gasteiger partial charge is 0.340 e. The summed E-state index contributed by atoms with van der Waals surface area (Å²) >= 11 is 1.98. The molecular weight excluding hydrogens is 220 g/mol. The van der Waals surface area contributed by atoms with Gasteiger partial charge in [0.2, 0.25) is 5.91 Å². The van der Waals surface area contributed by atoms with E-state index in [2.05, 4.69) is 24.1 Å². The van der Waals surface area contributed by atoms with E-state index in [0.29, 0.717) is 5.91 Å². The molecule has 0 aromatic carbocycles. The van der Waals surface area contributed by atoms with Gasteiger partial charge in [-0.25, -0.2) is 0 Å². The van der Waals surface area contributed by atoms with Gasteiger partial charge in [0.1, 0.15) is 0 Å². The molecule has 0 aromatic heterocycles. The number of rotatable bonds is 1. The Morgan fingerprint density at radius 1 is 1.38 bits per heavy atom. The first-order valence-electron chi connectivity index (χ1n) is 6.22. The topological polar surface area (TPSA) is 32.3 Å². The molecule has 0 aliphatic carbocycles. The number of hydrogen-bond acceptors (Lipinski definition) is 3. The zero-order valence-electron chi connectivity index (χ0n) is 10.3. The average molecular weight is 242 g/mol. The molecule has 2 saturated heterocycles. The van der Waals surface area contributed by atoms with Crippen molar-refractivity contribution in [2.45, 2.75) is 31.4 Å². The summed E-state index contributed by atoms with van der Waals surface area (Å²) in [5, 5.41) is 3.31. The van der Waals surface area contributed by atoms with E-state index < -0.39 is 0 Å². The van der Waals surface area contributed by atoms with Crippen LogP contribution in [-0.2, 0) is 4.79 Å². The molecular formula is C12H22N2OS. The first-order chi connectivity index (χ1) is 7.58. The van der Waals surface area contributed by atoms with Crippen molar-refractivity contribution in [1.82, 2.24) is 10.2 Å². The molecule has 2 aliphatic rings. The van der Waals surface area contributed by atoms with Gasteiger partial charge in [-0.1, -0.05) is 0 Å². The second kappa shape index (κ2) is 4.96. The second-order valence-electron chi connectivity index (χ2n) is 5.39. The fourth-order valence-corrected chi connectivity index (χ4v) is 3.64. The molecule has 92 valence electrons. The third kappa shape index (κ3) is 2.92. The molecule has 0 bridgehead atoms. The fourth-order valence-electron chi connectivity index (χ4n) is 2.53. The summed E-state index contributed by atoms with van der Waals surface area (Å²) in [6.45, 7) is 8.33. The second-order valence-corrected chi connectivity index (χ2v) is 7.19. The smallest absolute Gasteiger partial charge is 0.225 e. The molecule has 0 saturated carbocycles. The molecule has 0 aromatic rings. The van der Waals surface area contributed by atoms with Gasteiger partial charge in [-0.2, -0.15) is 11.8 Å². The highest BCUT2D eigenvalue weighted by atomic mass is 32.2. The van der Waals surface area contributed by atoms with Crippen molar-refractivity contribution in [3.05, 3.63) is 0 Å². The van der Waals surface area contributed by atoms with Crippen LogP contribution in [-0.4, -0.2) is 47.5 Å². The first-order valence-corrected chi connectivity index (χ1v) is 7.20. The molecule has 0 radical (unpaired) electrons. The zero-order chi connectivity index (χ0) is 11.6. The number of amides is 1. The van der Waals surface area contributed by atoms with Crippen molar-refractivity contribution in [1.29, 1.82) is 0 Å². The lowest BCUT2D eigenvalue weighted by Gasteiger charge is -2.39. The number of carbonyl (C=O) groups excluding carboxylic acids is 1. The molecule has 2 aliphatic heterocycles. The van der Waals surface area contributed by atoms with Gasteiger partial charge in [-0.15, -0.1) is 0 Å². The Morgan fingerprint density at radius 3 is 2.69 bits per heavy atom. The minimum atomic E-state index is 0.237. The number of carbonyl (C=O) groups is 1. The molecule has 3 nitrogen and oxygen atoms in total. The molecule has 0 atom stereocenters. The molecule has 1 amide bonds. The molecule has 2 heterocycles. The van der Waals surface area contributed by atoms with Crippen LogP contribution in [0.5, 0.6) is 0 Å². The molecule has 2 rings (SSSR count). The maximum Gasteiger partial charge on any atom is 0.225 e. The highest BCUT2D eigenvalue weighted by Crippen LogP contribution is 2.30. The lowest BCUT2D eigenvalue weighted by Crippen LogP contribution is -2.49. The quantitative estimate of drug-likeness (QED) is 0.753. The number of nitrogens with zero attached hydrogens (tertiary/aromatic N) is 1. The monoisotopic (exact) mass is 242 g/mol. The van der Waals surface area contributed by atoms with Gasteiger partial charge in [0.25, 0.3) is 0 Å². The molecule has 1 N–H and O–H groups in total. The van der Waals surface area contributed by atoms with E-state index in [9.17, 15) is 4.79 Å². The van der Waals surface area contributed by atoms with Crippen LogP contribution in [0.4, 0.5) is 0 Å². The number of piperidine rings is 1. The Balaban J connectivity index is 1.93. The Bertz CT molecular complexity index is 262. The van der Waals surface area contributed by atoms with Gasteiger partial charge in [0.15, 0.2) is 0 Å². The van der Waals surface area contributed by atoms with Gasteiger partial charge in [-0.05, 0) is 39.8 Å². The third-order valence-corrected chi connectivity index (χ3v) is 4.72. The maximum absolute atomic E-state index is 12.3. The predicted octanol–water partition coefficient (Wildman–Crippen LogP) is 1.34. The SMILES string of the molecule is CC1(C)CN(C(=O)C2CCNCC2)CCS1. The van der Waals surface area contributed by atoms with Crippen LogP contribution in [0.1, 0.15) is 26.7 Å². The van der Waals surface area contributed by atoms with Crippen LogP contribution >= 0.6 is 11.8 Å². The van der Waals surface area contributed by atoms with Crippen molar-refractivity contribution in [3.8, 4) is 0 Å². The summed E-state index contributed by atoms with van der Waals surface area (Å²) in [5.41, 5.74) is 0. The van der Waals surface area contributed by atoms with Crippen LogP contribution in [0.25, 0.3) is 0 Å². The van der Waals surface area contributed by atoms with Crippen molar-refractivity contribution in [2.75, 3.05) is 31.9 Å². The van der Waals surface area contributed by atoms with E-state index in [1.165, 1.54) is 0 Å². The summed E-state index contributed by atoms with van der Waals surface area (Å²) in [7, 11) is 0. The van der Waals surface area contributed by atoms with Gasteiger partial charge >= 0.3 is 0 Å². The Kier molecular flexibility index (Phi) is 3.80. The van der Waals surface area contributed by atoms with Gasteiger partial charge in [0, 0.05) is 29.5 Å². The van der Waals surface area contributed by atoms with Gasteiger partial charge in [0.05, 0.1) is 0 Å². The van der Waals surface area contributed by atoms with Crippen LogP contribution < -0.4 is 5.32 Å². The summed E-state index contributed by atoms with van der Waals surface area (Å²) in [4.78, 5) is 14.4. The van der Waals surface area contributed by atoms with E-state index in [-0.39, 0.29) is 10.7 Å². The molecule has 16 heavy (non-hydrogen) atoms. The van der Waals surface area contributed by atoms with E-state index in [1.54, 1.807) is 0 Å². The van der Waals surface area contributed by atoms with E-state index in [1.807, 2.05) is 11.8 Å². The Hall–Kier alpha value is -0.220. The Morgan fingerprint density at radius 2 is 2.06 bits per heavy atom. The third-order valence-electron chi connectivity index (χ3n) is 3.43.